The van der Waals surface area contributed by atoms with Crippen LogP contribution in [0, 0.1) is 17.8 Å². The molecule has 5 rings (SSSR count). The summed E-state index contributed by atoms with van der Waals surface area (Å²) < 4.78 is 0. The number of allylic oxidation sites excluding steroid dienone is 3. The molecule has 5 unspecified atom stereocenters. The average Bonchev–Trinajstić information content (AvgIpc) is 3.17. The second-order valence-electron chi connectivity index (χ2n) is 6.58. The Morgan fingerprint density at radius 1 is 1.13 bits per heavy atom. The Bertz CT molecular complexity index is 781. The lowest BCUT2D eigenvalue weighted by Crippen LogP contribution is -2.50. The standard InChI is InChI=1S/C18H15Cl2N3/c19-12-8-13(20)18-22-16(14-3-1-2-6-21-14)15-10-4-5-11(7-10)17(15)23(18)9-12/h1-6,8-11,15-17H,7H2. The van der Waals surface area contributed by atoms with Gasteiger partial charge in [-0.05, 0) is 36.5 Å². The summed E-state index contributed by atoms with van der Waals surface area (Å²) in [5, 5.41) is 1.28. The van der Waals surface area contributed by atoms with Crippen LogP contribution in [0.1, 0.15) is 18.2 Å². The van der Waals surface area contributed by atoms with Crippen LogP contribution in [0.15, 0.2) is 63.9 Å². The van der Waals surface area contributed by atoms with Crippen LogP contribution in [-0.2, 0) is 0 Å². The highest BCUT2D eigenvalue weighted by Gasteiger charge is 2.54. The van der Waals surface area contributed by atoms with Crippen molar-refractivity contribution in [2.24, 2.45) is 22.7 Å². The zero-order valence-electron chi connectivity index (χ0n) is 12.3. The fourth-order valence-corrected chi connectivity index (χ4v) is 5.11. The van der Waals surface area contributed by atoms with Crippen molar-refractivity contribution < 1.29 is 0 Å². The van der Waals surface area contributed by atoms with Crippen molar-refractivity contribution in [2.75, 3.05) is 0 Å². The first-order chi connectivity index (χ1) is 11.2. The predicted molar refractivity (Wildman–Crippen MR) is 92.1 cm³/mol. The van der Waals surface area contributed by atoms with Gasteiger partial charge in [0.2, 0.25) is 0 Å². The molecule has 0 radical (unpaired) electrons. The van der Waals surface area contributed by atoms with E-state index in [1.165, 1.54) is 6.42 Å². The largest absolute Gasteiger partial charge is 0.327 e. The minimum absolute atomic E-state index is 0.0554. The minimum atomic E-state index is 0.0554. The highest BCUT2D eigenvalue weighted by Crippen LogP contribution is 2.55. The number of aliphatic imine (C=N–C) groups is 1. The quantitative estimate of drug-likeness (QED) is 0.713. The molecule has 116 valence electrons. The van der Waals surface area contributed by atoms with Gasteiger partial charge in [0.1, 0.15) is 5.84 Å². The Hall–Kier alpha value is -1.58. The van der Waals surface area contributed by atoms with Gasteiger partial charge in [-0.25, -0.2) is 0 Å². The van der Waals surface area contributed by atoms with E-state index >= 15 is 0 Å². The Kier molecular flexibility index (Phi) is 2.98. The maximum Gasteiger partial charge on any atom is 0.147 e. The molecule has 0 spiro atoms. The zero-order valence-corrected chi connectivity index (χ0v) is 13.8. The molecule has 3 nitrogen and oxygen atoms in total. The van der Waals surface area contributed by atoms with Crippen LogP contribution < -0.4 is 0 Å². The van der Waals surface area contributed by atoms with E-state index in [1.807, 2.05) is 24.5 Å². The van der Waals surface area contributed by atoms with Crippen molar-refractivity contribution in [1.82, 2.24) is 9.88 Å². The summed E-state index contributed by atoms with van der Waals surface area (Å²) in [6.45, 7) is 0. The molecule has 5 heteroatoms. The molecule has 23 heavy (non-hydrogen) atoms. The van der Waals surface area contributed by atoms with Crippen LogP contribution >= 0.6 is 23.2 Å². The number of hydrogen-bond acceptors (Lipinski definition) is 3. The van der Waals surface area contributed by atoms with E-state index in [0.717, 1.165) is 11.5 Å². The van der Waals surface area contributed by atoms with Crippen LogP contribution in [0.2, 0.25) is 0 Å². The number of amidine groups is 1. The normalized spacial score (nSPS) is 37.0. The molecule has 3 heterocycles. The first-order valence-electron chi connectivity index (χ1n) is 7.92. The van der Waals surface area contributed by atoms with Gasteiger partial charge in [0.05, 0.1) is 21.8 Å². The number of hydrogen-bond donors (Lipinski definition) is 0. The molecule has 2 aliphatic carbocycles. The van der Waals surface area contributed by atoms with Crippen molar-refractivity contribution in [3.05, 3.63) is 64.6 Å². The molecular formula is C18H15Cl2N3. The van der Waals surface area contributed by atoms with Gasteiger partial charge in [-0.3, -0.25) is 9.98 Å². The minimum Gasteiger partial charge on any atom is -0.327 e. The van der Waals surface area contributed by atoms with Gasteiger partial charge in [-0.15, -0.1) is 0 Å². The van der Waals surface area contributed by atoms with E-state index in [0.29, 0.717) is 33.9 Å². The highest BCUT2D eigenvalue weighted by molar-refractivity contribution is 6.45. The molecule has 0 N–H and O–H groups in total. The zero-order chi connectivity index (χ0) is 15.6. The number of rotatable bonds is 1. The molecule has 2 bridgehead atoms. The maximum absolute atomic E-state index is 6.46. The summed E-state index contributed by atoms with van der Waals surface area (Å²) in [6.07, 6.45) is 11.5. The number of nitrogens with zero attached hydrogens (tertiary/aromatic N) is 3. The van der Waals surface area contributed by atoms with Gasteiger partial charge in [0, 0.05) is 24.4 Å². The lowest BCUT2D eigenvalue weighted by Gasteiger charge is -2.45. The summed E-state index contributed by atoms with van der Waals surface area (Å²) in [6, 6.07) is 6.46. The van der Waals surface area contributed by atoms with E-state index in [1.54, 1.807) is 6.08 Å². The van der Waals surface area contributed by atoms with Crippen molar-refractivity contribution in [1.29, 1.82) is 0 Å². The van der Waals surface area contributed by atoms with Crippen LogP contribution in [0.5, 0.6) is 0 Å². The van der Waals surface area contributed by atoms with Crippen molar-refractivity contribution >= 4 is 29.0 Å². The summed E-state index contributed by atoms with van der Waals surface area (Å²) in [5.41, 5.74) is 1.03. The summed E-state index contributed by atoms with van der Waals surface area (Å²) in [4.78, 5) is 11.8. The topological polar surface area (TPSA) is 28.5 Å². The van der Waals surface area contributed by atoms with Gasteiger partial charge >= 0.3 is 0 Å². The lowest BCUT2D eigenvalue weighted by molar-refractivity contribution is 0.204. The number of pyridine rings is 1. The molecule has 0 aromatic carbocycles. The number of aromatic nitrogens is 1. The van der Waals surface area contributed by atoms with E-state index in [-0.39, 0.29) is 6.04 Å². The third-order valence-electron chi connectivity index (χ3n) is 5.40. The Balaban J connectivity index is 1.68. The first kappa shape index (κ1) is 13.8. The Labute approximate surface area is 145 Å². The van der Waals surface area contributed by atoms with Crippen LogP contribution in [0.4, 0.5) is 0 Å². The molecule has 1 aromatic rings. The van der Waals surface area contributed by atoms with E-state index in [4.69, 9.17) is 28.2 Å². The summed E-state index contributed by atoms with van der Waals surface area (Å²) in [5.74, 6) is 2.34. The fraction of sp³-hybridized carbons (Fsp3) is 0.333. The molecule has 2 aliphatic heterocycles. The van der Waals surface area contributed by atoms with Gasteiger partial charge in [0.25, 0.3) is 0 Å². The molecular weight excluding hydrogens is 329 g/mol. The van der Waals surface area contributed by atoms with E-state index in [2.05, 4.69) is 28.1 Å². The van der Waals surface area contributed by atoms with Gasteiger partial charge < -0.3 is 4.90 Å². The highest BCUT2D eigenvalue weighted by atomic mass is 35.5. The van der Waals surface area contributed by atoms with Crippen LogP contribution in [0.25, 0.3) is 0 Å². The lowest BCUT2D eigenvalue weighted by atomic mass is 9.79. The van der Waals surface area contributed by atoms with Crippen LogP contribution in [0.3, 0.4) is 0 Å². The number of halogens is 2. The third-order valence-corrected chi connectivity index (χ3v) is 5.89. The molecule has 5 atom stereocenters. The maximum atomic E-state index is 6.46. The third kappa shape index (κ3) is 1.96. The molecule has 4 aliphatic rings. The molecule has 0 saturated heterocycles. The number of fused-ring (bicyclic) bond motifs is 7. The van der Waals surface area contributed by atoms with Crippen LogP contribution in [-0.4, -0.2) is 21.8 Å². The molecule has 0 amide bonds. The van der Waals surface area contributed by atoms with Gasteiger partial charge in [0.15, 0.2) is 0 Å². The van der Waals surface area contributed by atoms with Gasteiger partial charge in [-0.1, -0.05) is 41.4 Å². The van der Waals surface area contributed by atoms with E-state index in [9.17, 15) is 0 Å². The molecule has 1 aromatic heterocycles. The van der Waals surface area contributed by atoms with Crippen molar-refractivity contribution in [3.8, 4) is 0 Å². The first-order valence-corrected chi connectivity index (χ1v) is 8.68. The average molecular weight is 344 g/mol. The van der Waals surface area contributed by atoms with Gasteiger partial charge in [-0.2, -0.15) is 0 Å². The van der Waals surface area contributed by atoms with E-state index < -0.39 is 0 Å². The summed E-state index contributed by atoms with van der Waals surface area (Å²) in [7, 11) is 0. The summed E-state index contributed by atoms with van der Waals surface area (Å²) >= 11 is 12.7. The van der Waals surface area contributed by atoms with Crippen molar-refractivity contribution in [3.63, 3.8) is 0 Å². The monoisotopic (exact) mass is 343 g/mol. The smallest absolute Gasteiger partial charge is 0.147 e. The SMILES string of the molecule is ClC1=CN2C(=NC(c3ccccn3)C3C4C=CC(C4)C32)C(Cl)=C1. The second-order valence-corrected chi connectivity index (χ2v) is 7.43. The Morgan fingerprint density at radius 2 is 2.00 bits per heavy atom. The predicted octanol–water partition coefficient (Wildman–Crippen LogP) is 4.24. The van der Waals surface area contributed by atoms with Crippen molar-refractivity contribution in [2.45, 2.75) is 18.5 Å². The fourth-order valence-electron chi connectivity index (χ4n) is 4.57. The molecule has 1 saturated carbocycles. The second kappa shape index (κ2) is 4.96. The molecule has 1 fully saturated rings. The Morgan fingerprint density at radius 3 is 2.83 bits per heavy atom.